The van der Waals surface area contributed by atoms with Crippen molar-refractivity contribution in [3.05, 3.63) is 29.8 Å². The molecule has 2 amide bonds. The van der Waals surface area contributed by atoms with Gasteiger partial charge in [-0.15, -0.1) is 10.2 Å². The number of hydrogen-bond acceptors (Lipinski definition) is 5. The molecule has 1 fully saturated rings. The number of piperidine rings is 1. The molecule has 1 saturated heterocycles. The Morgan fingerprint density at radius 1 is 1.13 bits per heavy atom. The van der Waals surface area contributed by atoms with Crippen LogP contribution in [-0.2, 0) is 21.5 Å². The number of hydrogen-bond donors (Lipinski definition) is 1. The number of primary amides is 1. The van der Waals surface area contributed by atoms with Crippen LogP contribution in [0.4, 0.5) is 0 Å². The lowest BCUT2D eigenvalue weighted by atomic mass is 9.87. The van der Waals surface area contributed by atoms with E-state index >= 15 is 0 Å². The maximum atomic E-state index is 12.6. The molecule has 0 radical (unpaired) electrons. The van der Waals surface area contributed by atoms with Crippen molar-refractivity contribution in [3.8, 4) is 11.4 Å². The average molecular weight is 430 g/mol. The third kappa shape index (κ3) is 5.03. The number of carbonyl (C=O) groups is 2. The summed E-state index contributed by atoms with van der Waals surface area (Å²) in [5.74, 6) is 0.801. The van der Waals surface area contributed by atoms with Gasteiger partial charge >= 0.3 is 0 Å². The zero-order valence-electron chi connectivity index (χ0n) is 18.2. The first-order chi connectivity index (χ1) is 14.2. The molecule has 0 aliphatic carbocycles. The number of nitrogens with zero attached hydrogens (tertiary/aromatic N) is 4. The molecule has 2 N–H and O–H groups in total. The number of amides is 2. The highest BCUT2D eigenvalue weighted by molar-refractivity contribution is 7.99. The van der Waals surface area contributed by atoms with Gasteiger partial charge in [-0.25, -0.2) is 0 Å². The molecule has 0 saturated carbocycles. The van der Waals surface area contributed by atoms with Crippen molar-refractivity contribution in [1.29, 1.82) is 0 Å². The van der Waals surface area contributed by atoms with Crippen LogP contribution in [0.2, 0.25) is 0 Å². The first-order valence-electron chi connectivity index (χ1n) is 10.4. The van der Waals surface area contributed by atoms with Gasteiger partial charge in [-0.1, -0.05) is 56.8 Å². The fourth-order valence-corrected chi connectivity index (χ4v) is 4.55. The molecule has 0 spiro atoms. The number of nitrogens with two attached hydrogens (primary N) is 1. The molecule has 0 unspecified atom stereocenters. The molecule has 2 heterocycles. The quantitative estimate of drug-likeness (QED) is 0.712. The summed E-state index contributed by atoms with van der Waals surface area (Å²) < 4.78 is 2.05. The van der Waals surface area contributed by atoms with Gasteiger partial charge < -0.3 is 15.2 Å². The summed E-state index contributed by atoms with van der Waals surface area (Å²) in [6.07, 6.45) is 1.29. The Labute approximate surface area is 182 Å². The summed E-state index contributed by atoms with van der Waals surface area (Å²) in [7, 11) is 0. The number of benzene rings is 1. The summed E-state index contributed by atoms with van der Waals surface area (Å²) in [4.78, 5) is 25.7. The topological polar surface area (TPSA) is 94.1 Å². The van der Waals surface area contributed by atoms with Gasteiger partial charge in [-0.05, 0) is 30.7 Å². The van der Waals surface area contributed by atoms with E-state index in [2.05, 4.69) is 62.2 Å². The highest BCUT2D eigenvalue weighted by Crippen LogP contribution is 2.28. The lowest BCUT2D eigenvalue weighted by Gasteiger charge is -2.30. The van der Waals surface area contributed by atoms with Crippen LogP contribution in [-0.4, -0.2) is 50.3 Å². The predicted molar refractivity (Wildman–Crippen MR) is 119 cm³/mol. The second kappa shape index (κ2) is 9.20. The Morgan fingerprint density at radius 2 is 1.77 bits per heavy atom. The number of carbonyl (C=O) groups excluding carboxylic acids is 2. The van der Waals surface area contributed by atoms with Crippen molar-refractivity contribution in [2.75, 3.05) is 18.8 Å². The smallest absolute Gasteiger partial charge is 0.233 e. The first-order valence-corrected chi connectivity index (χ1v) is 11.4. The monoisotopic (exact) mass is 429 g/mol. The Balaban J connectivity index is 1.65. The Hall–Kier alpha value is -2.35. The number of thioether (sulfide) groups is 1. The highest BCUT2D eigenvalue weighted by atomic mass is 32.2. The standard InChI is InChI=1S/C22H31N5O2S/c1-5-27-20(16-6-8-17(9-7-16)22(2,3)4)24-25-21(27)30-14-18(28)26-12-10-15(11-13-26)19(23)29/h6-9,15H,5,10-14H2,1-4H3,(H2,23,29). The molecule has 3 rings (SSSR count). The zero-order chi connectivity index (χ0) is 21.9. The number of aromatic nitrogens is 3. The third-order valence-corrected chi connectivity index (χ3v) is 6.57. The van der Waals surface area contributed by atoms with Crippen LogP contribution in [0.5, 0.6) is 0 Å². The Morgan fingerprint density at radius 3 is 2.30 bits per heavy atom. The SMILES string of the molecule is CCn1c(SCC(=O)N2CCC(C(N)=O)CC2)nnc1-c1ccc(C(C)(C)C)cc1. The summed E-state index contributed by atoms with van der Waals surface area (Å²) in [5, 5.41) is 9.46. The predicted octanol–water partition coefficient (Wildman–Crippen LogP) is 3.08. The van der Waals surface area contributed by atoms with E-state index in [1.165, 1.54) is 17.3 Å². The largest absolute Gasteiger partial charge is 0.369 e. The molecule has 0 atom stereocenters. The molecule has 7 nitrogen and oxygen atoms in total. The van der Waals surface area contributed by atoms with Crippen LogP contribution < -0.4 is 5.73 Å². The summed E-state index contributed by atoms with van der Waals surface area (Å²) in [6.45, 7) is 10.5. The van der Waals surface area contributed by atoms with Gasteiger partial charge in [0, 0.05) is 31.1 Å². The Bertz CT molecular complexity index is 893. The maximum Gasteiger partial charge on any atom is 0.233 e. The zero-order valence-corrected chi connectivity index (χ0v) is 19.0. The van der Waals surface area contributed by atoms with E-state index in [9.17, 15) is 9.59 Å². The minimum Gasteiger partial charge on any atom is -0.369 e. The summed E-state index contributed by atoms with van der Waals surface area (Å²) in [6, 6.07) is 8.44. The van der Waals surface area contributed by atoms with Gasteiger partial charge in [0.2, 0.25) is 11.8 Å². The minimum absolute atomic E-state index is 0.0599. The van der Waals surface area contributed by atoms with Crippen molar-refractivity contribution in [3.63, 3.8) is 0 Å². The van der Waals surface area contributed by atoms with E-state index in [-0.39, 0.29) is 23.1 Å². The fourth-order valence-electron chi connectivity index (χ4n) is 3.64. The van der Waals surface area contributed by atoms with Crippen LogP contribution in [0.1, 0.15) is 46.1 Å². The third-order valence-electron chi connectivity index (χ3n) is 5.62. The van der Waals surface area contributed by atoms with Crippen molar-refractivity contribution in [2.45, 2.75) is 57.7 Å². The second-order valence-corrected chi connectivity index (χ2v) is 9.67. The van der Waals surface area contributed by atoms with Crippen LogP contribution in [0.25, 0.3) is 11.4 Å². The van der Waals surface area contributed by atoms with Gasteiger partial charge in [0.1, 0.15) is 0 Å². The lowest BCUT2D eigenvalue weighted by Crippen LogP contribution is -2.42. The normalized spacial score (nSPS) is 15.4. The van der Waals surface area contributed by atoms with Gasteiger partial charge in [0.15, 0.2) is 11.0 Å². The van der Waals surface area contributed by atoms with E-state index < -0.39 is 0 Å². The molecule has 0 bridgehead atoms. The van der Waals surface area contributed by atoms with Crippen molar-refractivity contribution in [2.24, 2.45) is 11.7 Å². The van der Waals surface area contributed by atoms with Crippen molar-refractivity contribution in [1.82, 2.24) is 19.7 Å². The molecule has 1 aliphatic heterocycles. The van der Waals surface area contributed by atoms with Crippen LogP contribution in [0.3, 0.4) is 0 Å². The lowest BCUT2D eigenvalue weighted by molar-refractivity contribution is -0.132. The van der Waals surface area contributed by atoms with Crippen LogP contribution in [0, 0.1) is 5.92 Å². The second-order valence-electron chi connectivity index (χ2n) is 8.72. The number of likely N-dealkylation sites (tertiary alicyclic amines) is 1. The van der Waals surface area contributed by atoms with E-state index in [0.29, 0.717) is 31.7 Å². The minimum atomic E-state index is -0.268. The summed E-state index contributed by atoms with van der Waals surface area (Å²) in [5.41, 5.74) is 7.76. The molecule has 1 aromatic carbocycles. The first kappa shape index (κ1) is 22.3. The van der Waals surface area contributed by atoms with Crippen molar-refractivity contribution < 1.29 is 9.59 Å². The molecule has 1 aromatic heterocycles. The molecule has 2 aromatic rings. The summed E-state index contributed by atoms with van der Waals surface area (Å²) >= 11 is 1.41. The van der Waals surface area contributed by atoms with E-state index in [0.717, 1.165) is 23.1 Å². The molecular weight excluding hydrogens is 398 g/mol. The highest BCUT2D eigenvalue weighted by Gasteiger charge is 2.26. The van der Waals surface area contributed by atoms with Gasteiger partial charge in [-0.3, -0.25) is 9.59 Å². The average Bonchev–Trinajstić information content (AvgIpc) is 3.14. The van der Waals surface area contributed by atoms with Gasteiger partial charge in [-0.2, -0.15) is 0 Å². The molecular formula is C22H31N5O2S. The Kier molecular flexibility index (Phi) is 6.85. The fraction of sp³-hybridized carbons (Fsp3) is 0.545. The van der Waals surface area contributed by atoms with Crippen molar-refractivity contribution >= 4 is 23.6 Å². The molecule has 8 heteroatoms. The van der Waals surface area contributed by atoms with Gasteiger partial charge in [0.05, 0.1) is 5.75 Å². The van der Waals surface area contributed by atoms with Crippen LogP contribution in [0.15, 0.2) is 29.4 Å². The molecule has 30 heavy (non-hydrogen) atoms. The van der Waals surface area contributed by atoms with Gasteiger partial charge in [0.25, 0.3) is 0 Å². The maximum absolute atomic E-state index is 12.6. The van der Waals surface area contributed by atoms with E-state index in [4.69, 9.17) is 5.73 Å². The molecule has 162 valence electrons. The van der Waals surface area contributed by atoms with E-state index in [1.54, 1.807) is 0 Å². The van der Waals surface area contributed by atoms with Crippen LogP contribution >= 0.6 is 11.8 Å². The molecule has 1 aliphatic rings. The van der Waals surface area contributed by atoms with E-state index in [1.807, 2.05) is 9.47 Å². The number of rotatable bonds is 6.